The van der Waals surface area contributed by atoms with E-state index in [1.165, 1.54) is 12.1 Å². The van der Waals surface area contributed by atoms with Crippen LogP contribution in [0.3, 0.4) is 0 Å². The number of carbonyl (C=O) groups excluding carboxylic acids is 1. The number of hydrogen-bond acceptors (Lipinski definition) is 7. The third kappa shape index (κ3) is 5.43. The number of rotatable bonds is 4. The van der Waals surface area contributed by atoms with E-state index in [0.717, 1.165) is 6.07 Å². The first-order valence-electron chi connectivity index (χ1n) is 8.37. The fraction of sp³-hybridized carbons (Fsp3) is 0.588. The first-order chi connectivity index (χ1) is 12.0. The summed E-state index contributed by atoms with van der Waals surface area (Å²) in [7, 11) is -6.18. The smallest absolute Gasteiger partial charge is 0.456 e. The van der Waals surface area contributed by atoms with E-state index in [4.69, 9.17) is 14.0 Å². The van der Waals surface area contributed by atoms with Gasteiger partial charge in [0, 0.05) is 0 Å². The van der Waals surface area contributed by atoms with Gasteiger partial charge in [0.15, 0.2) is 0 Å². The Bertz CT molecular complexity index is 827. The molecule has 0 N–H and O–H groups in total. The summed E-state index contributed by atoms with van der Waals surface area (Å²) < 4.78 is 56.2. The Hall–Kier alpha value is -1.65. The van der Waals surface area contributed by atoms with Crippen molar-refractivity contribution in [2.24, 2.45) is 0 Å². The van der Waals surface area contributed by atoms with Crippen molar-refractivity contribution in [1.82, 2.24) is 0 Å². The third-order valence-corrected chi connectivity index (χ3v) is 4.68. The van der Waals surface area contributed by atoms with Crippen LogP contribution in [-0.4, -0.2) is 38.3 Å². The largest absolute Gasteiger partial charge is 0.494 e. The summed E-state index contributed by atoms with van der Waals surface area (Å²) in [5.74, 6) is -1.10. The first-order valence-corrected chi connectivity index (χ1v) is 9.68. The van der Waals surface area contributed by atoms with Crippen LogP contribution >= 0.6 is 0 Å². The maximum absolute atomic E-state index is 13.0. The summed E-state index contributed by atoms with van der Waals surface area (Å²) in [6.07, 6.45) is 0. The minimum atomic E-state index is -5.27. The molecule has 1 heterocycles. The van der Waals surface area contributed by atoms with E-state index in [2.05, 4.69) is 4.18 Å². The molecule has 0 bridgehead atoms. The minimum Gasteiger partial charge on any atom is -0.456 e. The van der Waals surface area contributed by atoms with Gasteiger partial charge in [0.25, 0.3) is 0 Å². The molecule has 0 amide bonds. The summed E-state index contributed by atoms with van der Waals surface area (Å²) in [5.41, 5.74) is -1.81. The Morgan fingerprint density at radius 2 is 1.59 bits per heavy atom. The highest BCUT2D eigenvalue weighted by atomic mass is 32.3. The second-order valence-corrected chi connectivity index (χ2v) is 9.31. The molecule has 150 valence electrons. The normalized spacial score (nSPS) is 19.0. The number of hydrogen-bond donors (Lipinski definition) is 0. The van der Waals surface area contributed by atoms with Gasteiger partial charge < -0.3 is 18.2 Å². The molecule has 1 aliphatic rings. The second-order valence-electron chi connectivity index (χ2n) is 8.36. The maximum Gasteiger partial charge on any atom is 0.494 e. The minimum absolute atomic E-state index is 0.0178. The van der Waals surface area contributed by atoms with E-state index in [-0.39, 0.29) is 11.3 Å². The zero-order chi connectivity index (χ0) is 20.8. The molecular formula is C17H24BFO7S. The van der Waals surface area contributed by atoms with Crippen molar-refractivity contribution in [3.8, 4) is 5.75 Å². The molecule has 0 unspecified atom stereocenters. The van der Waals surface area contributed by atoms with Gasteiger partial charge in [-0.05, 0) is 72.1 Å². The SMILES string of the molecule is CC(C)(C)OC(=O)c1cc(OS(=O)(=O)F)cc(B2OC(C)(C)C(C)(C)O2)c1. The third-order valence-electron chi connectivity index (χ3n) is 4.28. The predicted molar refractivity (Wildman–Crippen MR) is 98.0 cm³/mol. The monoisotopic (exact) mass is 402 g/mol. The number of halogens is 1. The van der Waals surface area contributed by atoms with Gasteiger partial charge in [0.05, 0.1) is 16.8 Å². The molecule has 2 rings (SSSR count). The highest BCUT2D eigenvalue weighted by molar-refractivity contribution is 7.81. The van der Waals surface area contributed by atoms with Crippen molar-refractivity contribution in [3.05, 3.63) is 23.8 Å². The molecule has 7 nitrogen and oxygen atoms in total. The van der Waals surface area contributed by atoms with Crippen molar-refractivity contribution in [2.75, 3.05) is 0 Å². The standard InChI is InChI=1S/C17H24BFO7S/c1-15(2,3)23-14(20)11-8-12(10-13(9-11)24-27(19,21)22)18-25-16(4,5)17(6,7)26-18/h8-10H,1-7H3. The summed E-state index contributed by atoms with van der Waals surface area (Å²) >= 11 is 0. The molecule has 1 aromatic carbocycles. The van der Waals surface area contributed by atoms with Crippen LogP contribution in [0.1, 0.15) is 58.8 Å². The molecule has 10 heteroatoms. The summed E-state index contributed by atoms with van der Waals surface area (Å²) in [5, 5.41) is 0. The van der Waals surface area contributed by atoms with Gasteiger partial charge in [-0.1, -0.05) is 3.89 Å². The molecule has 0 spiro atoms. The van der Waals surface area contributed by atoms with Gasteiger partial charge in [-0.3, -0.25) is 0 Å². The Balaban J connectivity index is 2.46. The number of benzene rings is 1. The van der Waals surface area contributed by atoms with Crippen molar-refractivity contribution >= 4 is 29.1 Å². The average Bonchev–Trinajstić information content (AvgIpc) is 2.63. The Morgan fingerprint density at radius 1 is 1.07 bits per heavy atom. The highest BCUT2D eigenvalue weighted by Crippen LogP contribution is 2.36. The first kappa shape index (κ1) is 21.7. The van der Waals surface area contributed by atoms with Crippen LogP contribution in [0.4, 0.5) is 3.89 Å². The van der Waals surface area contributed by atoms with Gasteiger partial charge in [-0.2, -0.15) is 8.42 Å². The second kappa shape index (κ2) is 6.75. The van der Waals surface area contributed by atoms with Crippen LogP contribution in [0.25, 0.3) is 0 Å². The molecule has 27 heavy (non-hydrogen) atoms. The van der Waals surface area contributed by atoms with Crippen LogP contribution < -0.4 is 9.65 Å². The van der Waals surface area contributed by atoms with Gasteiger partial charge in [-0.25, -0.2) is 4.79 Å². The van der Waals surface area contributed by atoms with Gasteiger partial charge in [-0.15, -0.1) is 0 Å². The fourth-order valence-electron chi connectivity index (χ4n) is 2.36. The van der Waals surface area contributed by atoms with E-state index < -0.39 is 40.4 Å². The molecule has 1 saturated heterocycles. The van der Waals surface area contributed by atoms with Crippen molar-refractivity contribution < 1.29 is 35.3 Å². The Labute approximate surface area is 159 Å². The lowest BCUT2D eigenvalue weighted by atomic mass is 9.78. The topological polar surface area (TPSA) is 88.1 Å². The summed E-state index contributed by atoms with van der Waals surface area (Å²) in [4.78, 5) is 12.4. The molecular weight excluding hydrogens is 378 g/mol. The Morgan fingerprint density at radius 3 is 2.04 bits per heavy atom. The quantitative estimate of drug-likeness (QED) is 0.435. The molecule has 0 saturated carbocycles. The molecule has 1 fully saturated rings. The number of esters is 1. The van der Waals surface area contributed by atoms with Crippen LogP contribution in [0, 0.1) is 0 Å². The van der Waals surface area contributed by atoms with Gasteiger partial charge in [0.1, 0.15) is 11.4 Å². The van der Waals surface area contributed by atoms with E-state index in [9.17, 15) is 17.1 Å². The lowest BCUT2D eigenvalue weighted by Crippen LogP contribution is -2.41. The highest BCUT2D eigenvalue weighted by Gasteiger charge is 2.52. The average molecular weight is 402 g/mol. The zero-order valence-corrected chi connectivity index (χ0v) is 17.3. The van der Waals surface area contributed by atoms with Crippen LogP contribution in [0.15, 0.2) is 18.2 Å². The fourth-order valence-corrected chi connectivity index (χ4v) is 2.68. The van der Waals surface area contributed by atoms with Crippen LogP contribution in [0.5, 0.6) is 5.75 Å². The molecule has 0 aromatic heterocycles. The van der Waals surface area contributed by atoms with E-state index in [1.807, 2.05) is 27.7 Å². The van der Waals surface area contributed by atoms with E-state index in [1.54, 1.807) is 20.8 Å². The van der Waals surface area contributed by atoms with Gasteiger partial charge in [0.2, 0.25) is 0 Å². The van der Waals surface area contributed by atoms with Gasteiger partial charge >= 0.3 is 23.6 Å². The maximum atomic E-state index is 13.0. The Kier molecular flexibility index (Phi) is 5.42. The molecule has 1 aliphatic heterocycles. The molecule has 1 aromatic rings. The number of carbonyl (C=O) groups is 1. The van der Waals surface area contributed by atoms with Crippen molar-refractivity contribution in [2.45, 2.75) is 65.3 Å². The van der Waals surface area contributed by atoms with Crippen molar-refractivity contribution in [1.29, 1.82) is 0 Å². The summed E-state index contributed by atoms with van der Waals surface area (Å²) in [6.45, 7) is 12.4. The van der Waals surface area contributed by atoms with Crippen molar-refractivity contribution in [3.63, 3.8) is 0 Å². The van der Waals surface area contributed by atoms with E-state index in [0.29, 0.717) is 5.46 Å². The lowest BCUT2D eigenvalue weighted by Gasteiger charge is -2.32. The van der Waals surface area contributed by atoms with Crippen LogP contribution in [-0.2, 0) is 24.5 Å². The predicted octanol–water partition coefficient (Wildman–Crippen LogP) is 2.53. The summed E-state index contributed by atoms with van der Waals surface area (Å²) in [6, 6.07) is 3.76. The van der Waals surface area contributed by atoms with E-state index >= 15 is 0 Å². The molecule has 0 radical (unpaired) electrons. The lowest BCUT2D eigenvalue weighted by molar-refractivity contribution is 0.00578. The number of ether oxygens (including phenoxy) is 1. The zero-order valence-electron chi connectivity index (χ0n) is 16.5. The molecule has 0 atom stereocenters. The molecule has 0 aliphatic carbocycles. The van der Waals surface area contributed by atoms with Crippen LogP contribution in [0.2, 0.25) is 0 Å².